The highest BCUT2D eigenvalue weighted by Crippen LogP contribution is 2.19. The number of hydrogen-bond donors (Lipinski definition) is 2. The summed E-state index contributed by atoms with van der Waals surface area (Å²) in [5.74, 6) is -0.836. The quantitative estimate of drug-likeness (QED) is 0.726. The first-order valence-electron chi connectivity index (χ1n) is 5.78. The van der Waals surface area contributed by atoms with Crippen molar-refractivity contribution in [1.82, 2.24) is 10.2 Å². The van der Waals surface area contributed by atoms with Crippen molar-refractivity contribution < 1.29 is 14.7 Å². The lowest BCUT2D eigenvalue weighted by molar-refractivity contribution is -0.145. The maximum Gasteiger partial charge on any atom is 0.320 e. The summed E-state index contributed by atoms with van der Waals surface area (Å²) in [6.07, 6.45) is 2.32. The fourth-order valence-corrected chi connectivity index (χ4v) is 2.30. The van der Waals surface area contributed by atoms with E-state index in [4.69, 9.17) is 5.11 Å². The SMILES string of the molecule is CCC(C(=O)O)N1CCCC(C(=O)NC)C1. The number of amides is 1. The van der Waals surface area contributed by atoms with Gasteiger partial charge in [0, 0.05) is 13.6 Å². The van der Waals surface area contributed by atoms with Gasteiger partial charge in [0.25, 0.3) is 0 Å². The van der Waals surface area contributed by atoms with Crippen molar-refractivity contribution in [2.45, 2.75) is 32.2 Å². The summed E-state index contributed by atoms with van der Waals surface area (Å²) in [4.78, 5) is 24.5. The molecule has 2 atom stereocenters. The first-order valence-corrected chi connectivity index (χ1v) is 5.78. The van der Waals surface area contributed by atoms with E-state index in [0.717, 1.165) is 19.4 Å². The van der Waals surface area contributed by atoms with Gasteiger partial charge in [0.1, 0.15) is 6.04 Å². The van der Waals surface area contributed by atoms with Crippen LogP contribution in [0.25, 0.3) is 0 Å². The fraction of sp³-hybridized carbons (Fsp3) is 0.818. The summed E-state index contributed by atoms with van der Waals surface area (Å²) in [7, 11) is 1.62. The van der Waals surface area contributed by atoms with E-state index in [1.165, 1.54) is 0 Å². The first-order chi connectivity index (χ1) is 7.60. The molecule has 1 rings (SSSR count). The molecule has 1 aliphatic rings. The van der Waals surface area contributed by atoms with Crippen LogP contribution in [0, 0.1) is 5.92 Å². The molecule has 16 heavy (non-hydrogen) atoms. The third kappa shape index (κ3) is 2.95. The van der Waals surface area contributed by atoms with E-state index >= 15 is 0 Å². The number of nitrogens with zero attached hydrogens (tertiary/aromatic N) is 1. The van der Waals surface area contributed by atoms with Crippen LogP contribution in [0.5, 0.6) is 0 Å². The van der Waals surface area contributed by atoms with E-state index in [2.05, 4.69) is 5.32 Å². The molecule has 0 spiro atoms. The van der Waals surface area contributed by atoms with Gasteiger partial charge in [0.15, 0.2) is 0 Å². The van der Waals surface area contributed by atoms with Crippen LogP contribution in [-0.4, -0.2) is 48.1 Å². The van der Waals surface area contributed by atoms with Crippen LogP contribution < -0.4 is 5.32 Å². The van der Waals surface area contributed by atoms with Crippen LogP contribution in [0.15, 0.2) is 0 Å². The number of nitrogens with one attached hydrogen (secondary N) is 1. The van der Waals surface area contributed by atoms with E-state index in [1.54, 1.807) is 7.05 Å². The number of likely N-dealkylation sites (tertiary alicyclic amines) is 1. The van der Waals surface area contributed by atoms with Crippen molar-refractivity contribution >= 4 is 11.9 Å². The van der Waals surface area contributed by atoms with Gasteiger partial charge >= 0.3 is 5.97 Å². The van der Waals surface area contributed by atoms with E-state index in [0.29, 0.717) is 13.0 Å². The van der Waals surface area contributed by atoms with Gasteiger partial charge in [-0.1, -0.05) is 6.92 Å². The predicted molar refractivity (Wildman–Crippen MR) is 60.1 cm³/mol. The molecule has 5 heteroatoms. The molecular weight excluding hydrogens is 208 g/mol. The molecular formula is C11H20N2O3. The van der Waals surface area contributed by atoms with Crippen molar-refractivity contribution in [2.75, 3.05) is 20.1 Å². The number of carbonyl (C=O) groups is 2. The number of carbonyl (C=O) groups excluding carboxylic acids is 1. The molecule has 92 valence electrons. The van der Waals surface area contributed by atoms with Gasteiger partial charge in [-0.15, -0.1) is 0 Å². The average Bonchev–Trinajstić information content (AvgIpc) is 2.29. The standard InChI is InChI=1S/C11H20N2O3/c1-3-9(11(15)16)13-6-4-5-8(7-13)10(14)12-2/h8-9H,3-7H2,1-2H3,(H,12,14)(H,15,16). The minimum Gasteiger partial charge on any atom is -0.480 e. The zero-order valence-corrected chi connectivity index (χ0v) is 9.90. The number of hydrogen-bond acceptors (Lipinski definition) is 3. The summed E-state index contributed by atoms with van der Waals surface area (Å²) >= 11 is 0. The number of piperidine rings is 1. The van der Waals surface area contributed by atoms with Crippen LogP contribution >= 0.6 is 0 Å². The first kappa shape index (κ1) is 13.0. The zero-order chi connectivity index (χ0) is 12.1. The Morgan fingerprint density at radius 2 is 2.25 bits per heavy atom. The Labute approximate surface area is 95.8 Å². The summed E-state index contributed by atoms with van der Waals surface area (Å²) in [6, 6.07) is -0.451. The van der Waals surface area contributed by atoms with Gasteiger partial charge in [0.2, 0.25) is 5.91 Å². The van der Waals surface area contributed by atoms with Crippen LogP contribution in [0.1, 0.15) is 26.2 Å². The molecule has 1 amide bonds. The molecule has 1 aliphatic heterocycles. The number of aliphatic carboxylic acids is 1. The molecule has 2 N–H and O–H groups in total. The van der Waals surface area contributed by atoms with Crippen molar-refractivity contribution in [3.05, 3.63) is 0 Å². The summed E-state index contributed by atoms with van der Waals surface area (Å²) in [5, 5.41) is 11.7. The van der Waals surface area contributed by atoms with Crippen molar-refractivity contribution in [3.8, 4) is 0 Å². The minimum absolute atomic E-state index is 0.0185. The highest BCUT2D eigenvalue weighted by molar-refractivity contribution is 5.79. The summed E-state index contributed by atoms with van der Waals surface area (Å²) in [5.41, 5.74) is 0. The Hall–Kier alpha value is -1.10. The lowest BCUT2D eigenvalue weighted by Crippen LogP contribution is -2.49. The molecule has 2 unspecified atom stereocenters. The Morgan fingerprint density at radius 1 is 1.56 bits per heavy atom. The maximum atomic E-state index is 11.5. The summed E-state index contributed by atoms with van der Waals surface area (Å²) in [6.45, 7) is 3.20. The molecule has 0 aromatic carbocycles. The van der Waals surface area contributed by atoms with E-state index in [1.807, 2.05) is 11.8 Å². The molecule has 0 aliphatic carbocycles. The molecule has 0 radical (unpaired) electrons. The maximum absolute atomic E-state index is 11.5. The second kappa shape index (κ2) is 5.84. The van der Waals surface area contributed by atoms with Crippen molar-refractivity contribution in [2.24, 2.45) is 5.92 Å². The van der Waals surface area contributed by atoms with Gasteiger partial charge < -0.3 is 10.4 Å². The highest BCUT2D eigenvalue weighted by Gasteiger charge is 2.31. The third-order valence-corrected chi connectivity index (χ3v) is 3.18. The Kier molecular flexibility index (Phi) is 4.73. The Bertz CT molecular complexity index is 268. The Balaban J connectivity index is 2.62. The number of carboxylic acid groups (broad SMARTS) is 1. The van der Waals surface area contributed by atoms with E-state index < -0.39 is 12.0 Å². The largest absolute Gasteiger partial charge is 0.480 e. The Morgan fingerprint density at radius 3 is 2.75 bits per heavy atom. The second-order valence-electron chi connectivity index (χ2n) is 4.21. The summed E-state index contributed by atoms with van der Waals surface area (Å²) < 4.78 is 0. The minimum atomic E-state index is -0.792. The highest BCUT2D eigenvalue weighted by atomic mass is 16.4. The average molecular weight is 228 g/mol. The molecule has 1 heterocycles. The van der Waals surface area contributed by atoms with Crippen LogP contribution in [0.3, 0.4) is 0 Å². The van der Waals surface area contributed by atoms with E-state index in [9.17, 15) is 9.59 Å². The van der Waals surface area contributed by atoms with Crippen LogP contribution in [0.2, 0.25) is 0 Å². The topological polar surface area (TPSA) is 69.6 Å². The lowest BCUT2D eigenvalue weighted by atomic mass is 9.95. The monoisotopic (exact) mass is 228 g/mol. The molecule has 0 bridgehead atoms. The molecule has 5 nitrogen and oxygen atoms in total. The molecule has 0 aromatic heterocycles. The van der Waals surface area contributed by atoms with Gasteiger partial charge in [-0.05, 0) is 25.8 Å². The molecule has 0 aromatic rings. The van der Waals surface area contributed by atoms with Crippen molar-refractivity contribution in [1.29, 1.82) is 0 Å². The fourth-order valence-electron chi connectivity index (χ4n) is 2.30. The van der Waals surface area contributed by atoms with E-state index in [-0.39, 0.29) is 11.8 Å². The smallest absolute Gasteiger partial charge is 0.320 e. The number of rotatable bonds is 4. The molecule has 1 saturated heterocycles. The molecule has 0 saturated carbocycles. The number of carboxylic acids is 1. The van der Waals surface area contributed by atoms with Crippen LogP contribution in [-0.2, 0) is 9.59 Å². The van der Waals surface area contributed by atoms with Gasteiger partial charge in [-0.2, -0.15) is 0 Å². The molecule has 1 fully saturated rings. The van der Waals surface area contributed by atoms with Gasteiger partial charge in [-0.3, -0.25) is 14.5 Å². The van der Waals surface area contributed by atoms with Crippen LogP contribution in [0.4, 0.5) is 0 Å². The van der Waals surface area contributed by atoms with Gasteiger partial charge in [0.05, 0.1) is 5.92 Å². The second-order valence-corrected chi connectivity index (χ2v) is 4.21. The lowest BCUT2D eigenvalue weighted by Gasteiger charge is -2.35. The third-order valence-electron chi connectivity index (χ3n) is 3.18. The normalized spacial score (nSPS) is 23.8. The predicted octanol–water partition coefficient (Wildman–Crippen LogP) is 0.308. The van der Waals surface area contributed by atoms with Crippen molar-refractivity contribution in [3.63, 3.8) is 0 Å². The van der Waals surface area contributed by atoms with Gasteiger partial charge in [-0.25, -0.2) is 0 Å². The zero-order valence-electron chi connectivity index (χ0n) is 9.90.